The maximum Gasteiger partial charge on any atom is 0.324 e. The van der Waals surface area contributed by atoms with Crippen LogP contribution in [0.15, 0.2) is 42.6 Å². The van der Waals surface area contributed by atoms with E-state index in [0.717, 1.165) is 6.20 Å². The number of pyridine rings is 1. The number of benzene rings is 1. The number of nitro groups is 2. The van der Waals surface area contributed by atoms with Gasteiger partial charge < -0.3 is 5.32 Å². The molecule has 1 heterocycles. The molecule has 2 amide bonds. The van der Waals surface area contributed by atoms with E-state index in [-0.39, 0.29) is 17.2 Å². The largest absolute Gasteiger partial charge is 0.324 e. The number of nitrogens with one attached hydrogen (secondary N) is 2. The van der Waals surface area contributed by atoms with Gasteiger partial charge in [0.1, 0.15) is 12.0 Å². The summed E-state index contributed by atoms with van der Waals surface area (Å²) in [6, 6.07) is 7.11. The summed E-state index contributed by atoms with van der Waals surface area (Å²) in [5.74, 6) is 0.130. The molecular formula is C12H9N5O5. The van der Waals surface area contributed by atoms with Crippen molar-refractivity contribution in [1.29, 1.82) is 0 Å². The van der Waals surface area contributed by atoms with Crippen molar-refractivity contribution in [2.24, 2.45) is 0 Å². The number of carbonyl (C=O) groups is 1. The van der Waals surface area contributed by atoms with Crippen molar-refractivity contribution >= 4 is 28.9 Å². The molecule has 0 radical (unpaired) electrons. The summed E-state index contributed by atoms with van der Waals surface area (Å²) < 4.78 is 0. The van der Waals surface area contributed by atoms with Crippen LogP contribution in [0.25, 0.3) is 0 Å². The molecule has 0 fully saturated rings. The topological polar surface area (TPSA) is 140 Å². The van der Waals surface area contributed by atoms with Gasteiger partial charge in [-0.1, -0.05) is 0 Å². The Morgan fingerprint density at radius 2 is 1.50 bits per heavy atom. The highest BCUT2D eigenvalue weighted by Crippen LogP contribution is 2.16. The van der Waals surface area contributed by atoms with Crippen LogP contribution in [0.3, 0.4) is 0 Å². The van der Waals surface area contributed by atoms with Gasteiger partial charge in [0.15, 0.2) is 0 Å². The first-order valence-corrected chi connectivity index (χ1v) is 5.88. The van der Waals surface area contributed by atoms with Crippen LogP contribution in [0.5, 0.6) is 0 Å². The van der Waals surface area contributed by atoms with E-state index >= 15 is 0 Å². The Morgan fingerprint density at radius 1 is 0.909 bits per heavy atom. The molecule has 22 heavy (non-hydrogen) atoms. The van der Waals surface area contributed by atoms with Crippen LogP contribution in [-0.2, 0) is 0 Å². The van der Waals surface area contributed by atoms with Crippen LogP contribution < -0.4 is 10.6 Å². The predicted octanol–water partition coefficient (Wildman–Crippen LogP) is 2.54. The van der Waals surface area contributed by atoms with Gasteiger partial charge in [0, 0.05) is 23.9 Å². The smallest absolute Gasteiger partial charge is 0.308 e. The van der Waals surface area contributed by atoms with E-state index in [0.29, 0.717) is 5.69 Å². The number of carbonyl (C=O) groups excluding carboxylic acids is 1. The van der Waals surface area contributed by atoms with Crippen molar-refractivity contribution in [3.05, 3.63) is 62.8 Å². The van der Waals surface area contributed by atoms with Crippen LogP contribution >= 0.6 is 0 Å². The number of rotatable bonds is 4. The fourth-order valence-electron chi connectivity index (χ4n) is 1.51. The Bertz CT molecular complexity index is 652. The third-order valence-electron chi connectivity index (χ3n) is 2.54. The summed E-state index contributed by atoms with van der Waals surface area (Å²) in [6.07, 6.45) is 1.02. The first-order valence-electron chi connectivity index (χ1n) is 5.88. The van der Waals surface area contributed by atoms with E-state index in [1.807, 2.05) is 0 Å². The minimum absolute atomic E-state index is 0.0945. The minimum atomic E-state index is -0.629. The average molecular weight is 303 g/mol. The molecule has 0 saturated carbocycles. The van der Waals surface area contributed by atoms with Crippen LogP contribution in [0, 0.1) is 20.2 Å². The summed E-state index contributed by atoms with van der Waals surface area (Å²) in [6.45, 7) is 0. The SMILES string of the molecule is O=C(Nc1ccc([N+](=O)[O-])cc1)Nc1ccc([N+](=O)[O-])cn1. The number of aromatic nitrogens is 1. The van der Waals surface area contributed by atoms with Crippen LogP contribution in [-0.4, -0.2) is 20.9 Å². The van der Waals surface area contributed by atoms with Gasteiger partial charge in [0.25, 0.3) is 11.4 Å². The number of anilines is 2. The number of hydrogen-bond acceptors (Lipinski definition) is 6. The Kier molecular flexibility index (Phi) is 4.22. The zero-order valence-corrected chi connectivity index (χ0v) is 10.9. The molecule has 0 spiro atoms. The molecule has 0 unspecified atom stereocenters. The first-order chi connectivity index (χ1) is 10.5. The average Bonchev–Trinajstić information content (AvgIpc) is 2.48. The molecule has 0 saturated heterocycles. The summed E-state index contributed by atoms with van der Waals surface area (Å²) in [7, 11) is 0. The van der Waals surface area contributed by atoms with Gasteiger partial charge in [-0.25, -0.2) is 9.78 Å². The molecular weight excluding hydrogens is 294 g/mol. The van der Waals surface area contributed by atoms with Gasteiger partial charge in [-0.05, 0) is 18.2 Å². The number of nitro benzene ring substituents is 1. The third kappa shape index (κ3) is 3.72. The zero-order chi connectivity index (χ0) is 16.1. The molecule has 2 N–H and O–H groups in total. The van der Waals surface area contributed by atoms with Crippen LogP contribution in [0.2, 0.25) is 0 Å². The van der Waals surface area contributed by atoms with Crippen LogP contribution in [0.4, 0.5) is 27.7 Å². The van der Waals surface area contributed by atoms with E-state index in [9.17, 15) is 25.0 Å². The lowest BCUT2D eigenvalue weighted by Crippen LogP contribution is -2.20. The molecule has 2 aromatic rings. The molecule has 0 bridgehead atoms. The maximum atomic E-state index is 11.7. The quantitative estimate of drug-likeness (QED) is 0.656. The Balaban J connectivity index is 1.97. The minimum Gasteiger partial charge on any atom is -0.308 e. The van der Waals surface area contributed by atoms with Crippen molar-refractivity contribution < 1.29 is 14.6 Å². The van der Waals surface area contributed by atoms with E-state index in [2.05, 4.69) is 15.6 Å². The number of amides is 2. The summed E-state index contributed by atoms with van der Waals surface area (Å²) >= 11 is 0. The monoisotopic (exact) mass is 303 g/mol. The molecule has 10 nitrogen and oxygen atoms in total. The zero-order valence-electron chi connectivity index (χ0n) is 10.9. The Labute approximate surface area is 123 Å². The van der Waals surface area contributed by atoms with Crippen LogP contribution in [0.1, 0.15) is 0 Å². The molecule has 1 aromatic heterocycles. The van der Waals surface area contributed by atoms with Gasteiger partial charge >= 0.3 is 6.03 Å². The molecule has 0 atom stereocenters. The third-order valence-corrected chi connectivity index (χ3v) is 2.54. The lowest BCUT2D eigenvalue weighted by Gasteiger charge is -2.06. The fourth-order valence-corrected chi connectivity index (χ4v) is 1.51. The number of nitrogens with zero attached hydrogens (tertiary/aromatic N) is 3. The van der Waals surface area contributed by atoms with Gasteiger partial charge in [0.2, 0.25) is 0 Å². The second kappa shape index (κ2) is 6.26. The maximum absolute atomic E-state index is 11.7. The lowest BCUT2D eigenvalue weighted by molar-refractivity contribution is -0.385. The highest BCUT2D eigenvalue weighted by Gasteiger charge is 2.09. The summed E-state index contributed by atoms with van der Waals surface area (Å²) in [4.78, 5) is 35.2. The molecule has 10 heteroatoms. The van der Waals surface area contributed by atoms with Crippen molar-refractivity contribution in [1.82, 2.24) is 4.98 Å². The van der Waals surface area contributed by atoms with E-state index in [4.69, 9.17) is 0 Å². The van der Waals surface area contributed by atoms with E-state index < -0.39 is 15.9 Å². The molecule has 0 aliphatic carbocycles. The number of hydrogen-bond donors (Lipinski definition) is 2. The Hall–Kier alpha value is -3.56. The molecule has 112 valence electrons. The Morgan fingerprint density at radius 3 is 2.00 bits per heavy atom. The van der Waals surface area contributed by atoms with Gasteiger partial charge in [-0.3, -0.25) is 25.5 Å². The lowest BCUT2D eigenvalue weighted by atomic mass is 10.3. The second-order valence-corrected chi connectivity index (χ2v) is 4.04. The van der Waals surface area contributed by atoms with E-state index in [1.165, 1.54) is 36.4 Å². The second-order valence-electron chi connectivity index (χ2n) is 4.04. The van der Waals surface area contributed by atoms with Gasteiger partial charge in [0.05, 0.1) is 9.85 Å². The number of urea groups is 1. The fraction of sp³-hybridized carbons (Fsp3) is 0. The van der Waals surface area contributed by atoms with Crippen molar-refractivity contribution in [3.63, 3.8) is 0 Å². The first kappa shape index (κ1) is 14.8. The number of non-ortho nitro benzene ring substituents is 1. The van der Waals surface area contributed by atoms with Crippen molar-refractivity contribution in [2.75, 3.05) is 10.6 Å². The highest BCUT2D eigenvalue weighted by molar-refractivity contribution is 5.99. The highest BCUT2D eigenvalue weighted by atomic mass is 16.6. The van der Waals surface area contributed by atoms with E-state index in [1.54, 1.807) is 0 Å². The molecule has 1 aromatic carbocycles. The molecule has 0 aliphatic heterocycles. The van der Waals surface area contributed by atoms with Crippen molar-refractivity contribution in [2.45, 2.75) is 0 Å². The predicted molar refractivity (Wildman–Crippen MR) is 76.6 cm³/mol. The molecule has 2 rings (SSSR count). The molecule has 0 aliphatic rings. The summed E-state index contributed by atoms with van der Waals surface area (Å²) in [5, 5.41) is 25.8. The standard InChI is InChI=1S/C12H9N5O5/c18-12(14-8-1-3-9(4-2-8)16(19)20)15-11-6-5-10(7-13-11)17(21)22/h1-7H,(H2,13,14,15,18). The van der Waals surface area contributed by atoms with Crippen molar-refractivity contribution in [3.8, 4) is 0 Å². The normalized spacial score (nSPS) is 9.82. The summed E-state index contributed by atoms with van der Waals surface area (Å²) in [5.41, 5.74) is 0.0642. The van der Waals surface area contributed by atoms with Gasteiger partial charge in [-0.15, -0.1) is 0 Å². The van der Waals surface area contributed by atoms with Gasteiger partial charge in [-0.2, -0.15) is 0 Å².